The summed E-state index contributed by atoms with van der Waals surface area (Å²) in [5, 5.41) is 3.20. The molecule has 0 radical (unpaired) electrons. The van der Waals surface area contributed by atoms with E-state index in [2.05, 4.69) is 15.2 Å². The Hall–Kier alpha value is -1.62. The molecule has 0 saturated carbocycles. The van der Waals surface area contributed by atoms with Crippen LogP contribution in [0.5, 0.6) is 0 Å². The number of hydrogen-bond acceptors (Lipinski definition) is 5. The summed E-state index contributed by atoms with van der Waals surface area (Å²) >= 11 is 0. The van der Waals surface area contributed by atoms with E-state index in [4.69, 9.17) is 4.74 Å². The van der Waals surface area contributed by atoms with Gasteiger partial charge in [-0.1, -0.05) is 0 Å². The standard InChI is InChI=1S/C14H21N3O2/c1-3-15-13-9-11(6-7-16-13)10-17-8-4-5-12(17)14(18)19-2/h6-7,9,12H,3-5,8,10H2,1-2H3,(H,15,16). The highest BCUT2D eigenvalue weighted by Crippen LogP contribution is 2.21. The summed E-state index contributed by atoms with van der Waals surface area (Å²) in [7, 11) is 1.45. The van der Waals surface area contributed by atoms with Crippen molar-refractivity contribution in [1.82, 2.24) is 9.88 Å². The molecule has 2 heterocycles. The predicted octanol–water partition coefficient (Wildman–Crippen LogP) is 1.65. The van der Waals surface area contributed by atoms with Crippen LogP contribution in [-0.2, 0) is 16.1 Å². The van der Waals surface area contributed by atoms with Gasteiger partial charge in [-0.2, -0.15) is 0 Å². The second-order valence-corrected chi connectivity index (χ2v) is 4.73. The van der Waals surface area contributed by atoms with Crippen LogP contribution in [0, 0.1) is 0 Å². The van der Waals surface area contributed by atoms with E-state index in [-0.39, 0.29) is 12.0 Å². The highest BCUT2D eigenvalue weighted by molar-refractivity contribution is 5.75. The molecule has 1 aliphatic heterocycles. The second kappa shape index (κ2) is 6.52. The summed E-state index contributed by atoms with van der Waals surface area (Å²) in [6, 6.07) is 3.93. The lowest BCUT2D eigenvalue weighted by atomic mass is 10.2. The second-order valence-electron chi connectivity index (χ2n) is 4.73. The average molecular weight is 263 g/mol. The Kier molecular flexibility index (Phi) is 4.74. The summed E-state index contributed by atoms with van der Waals surface area (Å²) in [5.41, 5.74) is 1.17. The Balaban J connectivity index is 2.03. The van der Waals surface area contributed by atoms with E-state index in [1.165, 1.54) is 12.7 Å². The third kappa shape index (κ3) is 3.44. The van der Waals surface area contributed by atoms with Crippen molar-refractivity contribution in [2.75, 3.05) is 25.5 Å². The number of carbonyl (C=O) groups is 1. The first kappa shape index (κ1) is 13.8. The largest absolute Gasteiger partial charge is 0.468 e. The van der Waals surface area contributed by atoms with Crippen LogP contribution in [0.4, 0.5) is 5.82 Å². The third-order valence-corrected chi connectivity index (χ3v) is 3.40. The summed E-state index contributed by atoms with van der Waals surface area (Å²) in [6.45, 7) is 4.60. The maximum absolute atomic E-state index is 11.7. The van der Waals surface area contributed by atoms with Gasteiger partial charge in [-0.25, -0.2) is 4.98 Å². The Bertz CT molecular complexity index is 436. The molecule has 0 amide bonds. The van der Waals surface area contributed by atoms with Crippen LogP contribution in [0.25, 0.3) is 0 Å². The Morgan fingerprint density at radius 3 is 3.21 bits per heavy atom. The van der Waals surface area contributed by atoms with Crippen molar-refractivity contribution < 1.29 is 9.53 Å². The number of anilines is 1. The molecule has 0 aliphatic carbocycles. The summed E-state index contributed by atoms with van der Waals surface area (Å²) in [4.78, 5) is 18.1. The van der Waals surface area contributed by atoms with Gasteiger partial charge in [0.25, 0.3) is 0 Å². The van der Waals surface area contributed by atoms with Gasteiger partial charge >= 0.3 is 5.97 Å². The number of pyridine rings is 1. The number of aromatic nitrogens is 1. The molecule has 1 aromatic heterocycles. The minimum absolute atomic E-state index is 0.0965. The molecular weight excluding hydrogens is 242 g/mol. The Morgan fingerprint density at radius 1 is 1.63 bits per heavy atom. The van der Waals surface area contributed by atoms with Crippen LogP contribution in [0.1, 0.15) is 25.3 Å². The average Bonchev–Trinajstić information content (AvgIpc) is 2.87. The first-order valence-corrected chi connectivity index (χ1v) is 6.75. The van der Waals surface area contributed by atoms with Crippen LogP contribution < -0.4 is 5.32 Å². The molecule has 1 N–H and O–H groups in total. The fraction of sp³-hybridized carbons (Fsp3) is 0.571. The van der Waals surface area contributed by atoms with Crippen molar-refractivity contribution in [3.8, 4) is 0 Å². The lowest BCUT2D eigenvalue weighted by molar-refractivity contribution is -0.146. The number of ether oxygens (including phenoxy) is 1. The van der Waals surface area contributed by atoms with E-state index < -0.39 is 0 Å². The highest BCUT2D eigenvalue weighted by atomic mass is 16.5. The SMILES string of the molecule is CCNc1cc(CN2CCCC2C(=O)OC)ccn1. The normalized spacial score (nSPS) is 19.4. The summed E-state index contributed by atoms with van der Waals surface area (Å²) in [5.74, 6) is 0.757. The smallest absolute Gasteiger partial charge is 0.323 e. The Labute approximate surface area is 114 Å². The number of likely N-dealkylation sites (tertiary alicyclic amines) is 1. The number of nitrogens with zero attached hydrogens (tertiary/aromatic N) is 2. The minimum Gasteiger partial charge on any atom is -0.468 e. The van der Waals surface area contributed by atoms with Crippen molar-refractivity contribution in [2.45, 2.75) is 32.4 Å². The third-order valence-electron chi connectivity index (χ3n) is 3.40. The fourth-order valence-corrected chi connectivity index (χ4v) is 2.50. The number of esters is 1. The van der Waals surface area contributed by atoms with Gasteiger partial charge in [-0.3, -0.25) is 9.69 Å². The monoisotopic (exact) mass is 263 g/mol. The minimum atomic E-state index is -0.126. The lowest BCUT2D eigenvalue weighted by Crippen LogP contribution is -2.36. The van der Waals surface area contributed by atoms with Crippen LogP contribution in [0.15, 0.2) is 18.3 Å². The van der Waals surface area contributed by atoms with Gasteiger partial charge in [-0.15, -0.1) is 0 Å². The number of hydrogen-bond donors (Lipinski definition) is 1. The van der Waals surface area contributed by atoms with Crippen LogP contribution >= 0.6 is 0 Å². The molecule has 19 heavy (non-hydrogen) atoms. The van der Waals surface area contributed by atoms with Crippen molar-refractivity contribution in [3.05, 3.63) is 23.9 Å². The maximum Gasteiger partial charge on any atom is 0.323 e. The molecule has 0 bridgehead atoms. The zero-order valence-electron chi connectivity index (χ0n) is 11.6. The number of rotatable bonds is 5. The van der Waals surface area contributed by atoms with E-state index in [9.17, 15) is 4.79 Å². The van der Waals surface area contributed by atoms with E-state index in [1.807, 2.05) is 19.1 Å². The van der Waals surface area contributed by atoms with Gasteiger partial charge in [0.05, 0.1) is 7.11 Å². The molecule has 1 unspecified atom stereocenters. The van der Waals surface area contributed by atoms with Gasteiger partial charge in [-0.05, 0) is 44.0 Å². The fourth-order valence-electron chi connectivity index (χ4n) is 2.50. The zero-order valence-corrected chi connectivity index (χ0v) is 11.6. The van der Waals surface area contributed by atoms with Crippen molar-refractivity contribution in [2.24, 2.45) is 0 Å². The van der Waals surface area contributed by atoms with Crippen molar-refractivity contribution >= 4 is 11.8 Å². The molecule has 1 fully saturated rings. The molecule has 0 spiro atoms. The molecule has 2 rings (SSSR count). The van der Waals surface area contributed by atoms with Gasteiger partial charge < -0.3 is 10.1 Å². The van der Waals surface area contributed by atoms with Crippen LogP contribution in [0.3, 0.4) is 0 Å². The first-order valence-electron chi connectivity index (χ1n) is 6.75. The van der Waals surface area contributed by atoms with Crippen LogP contribution in [-0.4, -0.2) is 42.1 Å². The summed E-state index contributed by atoms with van der Waals surface area (Å²) in [6.07, 6.45) is 3.74. The molecule has 1 aliphatic rings. The molecule has 1 saturated heterocycles. The molecular formula is C14H21N3O2. The van der Waals surface area contributed by atoms with Crippen molar-refractivity contribution in [1.29, 1.82) is 0 Å². The lowest BCUT2D eigenvalue weighted by Gasteiger charge is -2.22. The van der Waals surface area contributed by atoms with E-state index in [1.54, 1.807) is 6.20 Å². The van der Waals surface area contributed by atoms with Crippen molar-refractivity contribution in [3.63, 3.8) is 0 Å². The van der Waals surface area contributed by atoms with E-state index in [0.29, 0.717) is 0 Å². The Morgan fingerprint density at radius 2 is 2.47 bits per heavy atom. The predicted molar refractivity (Wildman–Crippen MR) is 73.8 cm³/mol. The van der Waals surface area contributed by atoms with Gasteiger partial charge in [0.2, 0.25) is 0 Å². The maximum atomic E-state index is 11.7. The van der Waals surface area contributed by atoms with E-state index >= 15 is 0 Å². The molecule has 104 valence electrons. The van der Waals surface area contributed by atoms with Gasteiger partial charge in [0.15, 0.2) is 0 Å². The van der Waals surface area contributed by atoms with E-state index in [0.717, 1.165) is 38.3 Å². The quantitative estimate of drug-likeness (QED) is 0.819. The molecule has 5 nitrogen and oxygen atoms in total. The molecule has 5 heteroatoms. The van der Waals surface area contributed by atoms with Crippen LogP contribution in [0.2, 0.25) is 0 Å². The molecule has 1 aromatic rings. The highest BCUT2D eigenvalue weighted by Gasteiger charge is 2.31. The van der Waals surface area contributed by atoms with Gasteiger partial charge in [0, 0.05) is 19.3 Å². The molecule has 1 atom stereocenters. The number of methoxy groups -OCH3 is 1. The number of nitrogens with one attached hydrogen (secondary N) is 1. The molecule has 0 aromatic carbocycles. The zero-order chi connectivity index (χ0) is 13.7. The first-order chi connectivity index (χ1) is 9.24. The topological polar surface area (TPSA) is 54.5 Å². The van der Waals surface area contributed by atoms with Gasteiger partial charge in [0.1, 0.15) is 11.9 Å². The summed E-state index contributed by atoms with van der Waals surface area (Å²) < 4.78 is 4.86. The number of carbonyl (C=O) groups excluding carboxylic acids is 1.